The summed E-state index contributed by atoms with van der Waals surface area (Å²) in [6.45, 7) is 13.8. The van der Waals surface area contributed by atoms with Crippen molar-refractivity contribution >= 4 is 22.3 Å². The number of ether oxygens (including phenoxy) is 1. The molecule has 0 amide bonds. The van der Waals surface area contributed by atoms with Crippen molar-refractivity contribution in [2.45, 2.75) is 66.7 Å². The first-order chi connectivity index (χ1) is 16.7. The molecule has 1 aliphatic carbocycles. The Bertz CT molecular complexity index is 1340. The van der Waals surface area contributed by atoms with Gasteiger partial charge in [-0.1, -0.05) is 33.4 Å². The molecule has 2 aromatic rings. The molecule has 0 saturated heterocycles. The van der Waals surface area contributed by atoms with E-state index >= 15 is 0 Å². The van der Waals surface area contributed by atoms with Crippen molar-refractivity contribution in [2.75, 3.05) is 6.61 Å². The minimum atomic E-state index is -0.725. The van der Waals surface area contributed by atoms with Crippen LogP contribution in [0.1, 0.15) is 68.5 Å². The fourth-order valence-corrected chi connectivity index (χ4v) is 5.42. The van der Waals surface area contributed by atoms with Crippen molar-refractivity contribution in [1.82, 2.24) is 4.98 Å². The fourth-order valence-electron chi connectivity index (χ4n) is 5.42. The predicted molar refractivity (Wildman–Crippen MR) is 137 cm³/mol. The first kappa shape index (κ1) is 24.9. The quantitative estimate of drug-likeness (QED) is 0.467. The normalized spacial score (nSPS) is 18.9. The molecule has 5 heteroatoms. The molecule has 2 unspecified atom stereocenters. The van der Waals surface area contributed by atoms with Crippen LogP contribution in [0.3, 0.4) is 0 Å². The third-order valence-corrected chi connectivity index (χ3v) is 7.64. The van der Waals surface area contributed by atoms with Crippen LogP contribution in [-0.4, -0.2) is 17.4 Å². The van der Waals surface area contributed by atoms with E-state index in [1.54, 1.807) is 6.07 Å². The van der Waals surface area contributed by atoms with Gasteiger partial charge in [-0.2, -0.15) is 5.26 Å². The van der Waals surface area contributed by atoms with Crippen molar-refractivity contribution < 1.29 is 13.9 Å². The van der Waals surface area contributed by atoms with Crippen LogP contribution in [0.5, 0.6) is 0 Å². The molecule has 1 aromatic carbocycles. The summed E-state index contributed by atoms with van der Waals surface area (Å²) in [4.78, 5) is 18.1. The van der Waals surface area contributed by atoms with E-state index in [1.807, 2.05) is 33.8 Å². The van der Waals surface area contributed by atoms with Crippen LogP contribution in [0.15, 0.2) is 35.6 Å². The number of nitrogens with zero attached hydrogens (tertiary/aromatic N) is 2. The summed E-state index contributed by atoms with van der Waals surface area (Å²) in [5.74, 6) is -0.760. The highest BCUT2D eigenvalue weighted by Crippen LogP contribution is 2.39. The van der Waals surface area contributed by atoms with Crippen molar-refractivity contribution in [3.63, 3.8) is 0 Å². The van der Waals surface area contributed by atoms with Gasteiger partial charge in [-0.15, -0.1) is 0 Å². The molecule has 0 radical (unpaired) electrons. The zero-order valence-corrected chi connectivity index (χ0v) is 21.3. The van der Waals surface area contributed by atoms with Crippen molar-refractivity contribution in [3.8, 4) is 6.07 Å². The van der Waals surface area contributed by atoms with Crippen LogP contribution in [0.4, 0.5) is 4.39 Å². The molecule has 0 spiro atoms. The van der Waals surface area contributed by atoms with Gasteiger partial charge in [-0.3, -0.25) is 4.79 Å². The molecule has 2 atom stereocenters. The largest absolute Gasteiger partial charge is 0.492 e. The Morgan fingerprint density at radius 2 is 2.09 bits per heavy atom. The number of aromatic nitrogens is 1. The van der Waals surface area contributed by atoms with Gasteiger partial charge in [0.2, 0.25) is 0 Å². The van der Waals surface area contributed by atoms with E-state index in [9.17, 15) is 14.4 Å². The van der Waals surface area contributed by atoms with Crippen LogP contribution in [0.2, 0.25) is 0 Å². The molecule has 2 heterocycles. The van der Waals surface area contributed by atoms with Crippen LogP contribution in [-0.2, 0) is 28.8 Å². The van der Waals surface area contributed by atoms with Crippen molar-refractivity contribution in [2.24, 2.45) is 11.8 Å². The highest BCUT2D eigenvalue weighted by molar-refractivity contribution is 5.99. The summed E-state index contributed by atoms with van der Waals surface area (Å²) >= 11 is 0. The van der Waals surface area contributed by atoms with Gasteiger partial charge in [0, 0.05) is 22.9 Å². The topological polar surface area (TPSA) is 63.0 Å². The van der Waals surface area contributed by atoms with E-state index in [2.05, 4.69) is 19.6 Å². The molecule has 4 rings (SSSR count). The second-order valence-corrected chi connectivity index (χ2v) is 9.73. The lowest BCUT2D eigenvalue weighted by Gasteiger charge is -2.27. The van der Waals surface area contributed by atoms with Gasteiger partial charge >= 0.3 is 0 Å². The van der Waals surface area contributed by atoms with Crippen molar-refractivity contribution in [3.05, 3.63) is 69.4 Å². The molecule has 0 N–H and O–H groups in total. The average molecular weight is 473 g/mol. The molecule has 4 nitrogen and oxygen atoms in total. The summed E-state index contributed by atoms with van der Waals surface area (Å²) in [6, 6.07) is 3.81. The molecule has 0 saturated carbocycles. The van der Waals surface area contributed by atoms with Gasteiger partial charge in [0.25, 0.3) is 0 Å². The predicted octanol–water partition coefficient (Wildman–Crippen LogP) is 6.73. The molecular formula is C30H33FN2O2. The minimum Gasteiger partial charge on any atom is -0.492 e. The zero-order valence-electron chi connectivity index (χ0n) is 21.3. The number of aryl methyl sites for hydroxylation is 2. The summed E-state index contributed by atoms with van der Waals surface area (Å²) in [5, 5.41) is 11.0. The number of ketones is 1. The zero-order chi connectivity index (χ0) is 25.4. The summed E-state index contributed by atoms with van der Waals surface area (Å²) in [7, 11) is 0. The first-order valence-corrected chi connectivity index (χ1v) is 12.5. The van der Waals surface area contributed by atoms with Gasteiger partial charge in [-0.25, -0.2) is 9.37 Å². The van der Waals surface area contributed by atoms with E-state index in [-0.39, 0.29) is 24.1 Å². The van der Waals surface area contributed by atoms with E-state index in [1.165, 1.54) is 5.56 Å². The standard InChI is InChI=1S/C30H33FN2O2/c1-7-16(3)30(34)25-15-35-19(6)24(14-32)23(25)12-17(4)29-20(8-2)22-11-9-10-21-18(5)26(31)13-27(33-29)28(21)22/h12-13,16,24H,6-11,15H2,1-5H3/b17-12+. The SMILES string of the molecule is C=C1OCC(C(=O)C(C)CC)=C(/C=C(\C)c2nc3cc(F)c(C)c4c3c(c2CC)CCC4)C1C#N. The molecule has 1 aliphatic heterocycles. The Balaban J connectivity index is 1.96. The summed E-state index contributed by atoms with van der Waals surface area (Å²) < 4.78 is 20.4. The second-order valence-electron chi connectivity index (χ2n) is 9.73. The Hall–Kier alpha value is -3.26. The number of allylic oxidation sites excluding steroid dienone is 3. The number of hydrogen-bond acceptors (Lipinski definition) is 4. The number of carbonyl (C=O) groups is 1. The third kappa shape index (κ3) is 4.20. The van der Waals surface area contributed by atoms with Crippen molar-refractivity contribution in [1.29, 1.82) is 5.26 Å². The van der Waals surface area contributed by atoms with Gasteiger partial charge in [0.15, 0.2) is 5.78 Å². The molecule has 1 aromatic heterocycles. The number of carbonyl (C=O) groups excluding carboxylic acids is 1. The maximum Gasteiger partial charge on any atom is 0.165 e. The lowest BCUT2D eigenvalue weighted by Crippen LogP contribution is -2.25. The molecule has 0 bridgehead atoms. The first-order valence-electron chi connectivity index (χ1n) is 12.5. The Morgan fingerprint density at radius 3 is 2.74 bits per heavy atom. The Kier molecular flexibility index (Phi) is 6.94. The molecule has 35 heavy (non-hydrogen) atoms. The van der Waals surface area contributed by atoms with E-state index in [4.69, 9.17) is 9.72 Å². The number of benzene rings is 1. The highest BCUT2D eigenvalue weighted by Gasteiger charge is 2.32. The van der Waals surface area contributed by atoms with Gasteiger partial charge in [0.05, 0.1) is 17.3 Å². The molecule has 2 aliphatic rings. The highest BCUT2D eigenvalue weighted by atomic mass is 19.1. The Morgan fingerprint density at radius 1 is 1.37 bits per heavy atom. The number of halogens is 1. The van der Waals surface area contributed by atoms with E-state index in [0.29, 0.717) is 28.8 Å². The number of Topliss-reactive ketones (excluding diaryl/α,β-unsaturated/α-hetero) is 1. The lowest BCUT2D eigenvalue weighted by atomic mass is 9.82. The van der Waals surface area contributed by atoms with E-state index in [0.717, 1.165) is 59.0 Å². The van der Waals surface area contributed by atoms with Gasteiger partial charge in [-0.05, 0) is 79.4 Å². The lowest BCUT2D eigenvalue weighted by molar-refractivity contribution is -0.119. The minimum absolute atomic E-state index is 0.00114. The maximum atomic E-state index is 14.8. The number of nitriles is 1. The smallest absolute Gasteiger partial charge is 0.165 e. The third-order valence-electron chi connectivity index (χ3n) is 7.64. The summed E-state index contributed by atoms with van der Waals surface area (Å²) in [6.07, 6.45) is 6.20. The van der Waals surface area contributed by atoms with Gasteiger partial charge in [0.1, 0.15) is 24.1 Å². The number of pyridine rings is 1. The fraction of sp³-hybridized carbons (Fsp3) is 0.433. The Labute approximate surface area is 207 Å². The molecular weight excluding hydrogens is 439 g/mol. The van der Waals surface area contributed by atoms with Gasteiger partial charge < -0.3 is 4.74 Å². The van der Waals surface area contributed by atoms with Crippen LogP contribution >= 0.6 is 0 Å². The average Bonchev–Trinajstić information content (AvgIpc) is 2.86. The number of rotatable bonds is 6. The number of hydrogen-bond donors (Lipinski definition) is 0. The second kappa shape index (κ2) is 9.77. The molecule has 182 valence electrons. The van der Waals surface area contributed by atoms with Crippen LogP contribution in [0, 0.1) is 35.9 Å². The van der Waals surface area contributed by atoms with Crippen LogP contribution < -0.4 is 0 Å². The maximum absolute atomic E-state index is 14.8. The monoisotopic (exact) mass is 472 g/mol. The molecule has 0 fully saturated rings. The summed E-state index contributed by atoms with van der Waals surface area (Å²) in [5.41, 5.74) is 7.72. The van der Waals surface area contributed by atoms with Crippen LogP contribution in [0.25, 0.3) is 16.5 Å². The van der Waals surface area contributed by atoms with E-state index < -0.39 is 5.92 Å².